The summed E-state index contributed by atoms with van der Waals surface area (Å²) in [5.74, 6) is 1.25. The Morgan fingerprint density at radius 1 is 1.24 bits per heavy atom. The van der Waals surface area contributed by atoms with Gasteiger partial charge >= 0.3 is 0 Å². The lowest BCUT2D eigenvalue weighted by Crippen LogP contribution is -2.32. The SMILES string of the molecule is COc1ccc(C(=O)CCOC2CCNCC2)c(OC)c1. The van der Waals surface area contributed by atoms with E-state index in [9.17, 15) is 4.79 Å². The molecule has 1 aromatic carbocycles. The van der Waals surface area contributed by atoms with E-state index in [2.05, 4.69) is 5.32 Å². The maximum Gasteiger partial charge on any atom is 0.168 e. The van der Waals surface area contributed by atoms with Gasteiger partial charge in [0.05, 0.1) is 32.5 Å². The zero-order valence-electron chi connectivity index (χ0n) is 12.7. The number of piperidine rings is 1. The molecule has 116 valence electrons. The Morgan fingerprint density at radius 2 is 2.00 bits per heavy atom. The molecule has 0 saturated carbocycles. The molecule has 1 saturated heterocycles. The number of rotatable bonds is 7. The molecule has 0 aliphatic carbocycles. The van der Waals surface area contributed by atoms with Crippen molar-refractivity contribution in [1.29, 1.82) is 0 Å². The van der Waals surface area contributed by atoms with E-state index in [-0.39, 0.29) is 11.9 Å². The standard InChI is InChI=1S/C16H23NO4/c1-19-13-3-4-14(16(11-13)20-2)15(18)7-10-21-12-5-8-17-9-6-12/h3-4,11-12,17H,5-10H2,1-2H3. The Kier molecular flexibility index (Phi) is 6.02. The molecule has 1 heterocycles. The van der Waals surface area contributed by atoms with Crippen LogP contribution in [0.2, 0.25) is 0 Å². The second-order valence-electron chi connectivity index (χ2n) is 5.06. The zero-order valence-corrected chi connectivity index (χ0v) is 12.7. The normalized spacial score (nSPS) is 15.7. The van der Waals surface area contributed by atoms with E-state index in [4.69, 9.17) is 14.2 Å². The van der Waals surface area contributed by atoms with Crippen LogP contribution in [0, 0.1) is 0 Å². The van der Waals surface area contributed by atoms with Crippen molar-refractivity contribution in [3.63, 3.8) is 0 Å². The number of ketones is 1. The number of hydrogen-bond donors (Lipinski definition) is 1. The van der Waals surface area contributed by atoms with Crippen molar-refractivity contribution in [2.75, 3.05) is 33.9 Å². The second kappa shape index (κ2) is 8.00. The lowest BCUT2D eigenvalue weighted by Gasteiger charge is -2.22. The Balaban J connectivity index is 1.87. The molecule has 1 fully saturated rings. The fraction of sp³-hybridized carbons (Fsp3) is 0.562. The molecule has 1 aliphatic heterocycles. The smallest absolute Gasteiger partial charge is 0.168 e. The van der Waals surface area contributed by atoms with Crippen LogP contribution in [0.4, 0.5) is 0 Å². The highest BCUT2D eigenvalue weighted by molar-refractivity contribution is 5.98. The van der Waals surface area contributed by atoms with Gasteiger partial charge in [-0.25, -0.2) is 0 Å². The topological polar surface area (TPSA) is 56.8 Å². The Bertz CT molecular complexity index is 469. The fourth-order valence-corrected chi connectivity index (χ4v) is 2.44. The van der Waals surface area contributed by atoms with Crippen molar-refractivity contribution in [2.24, 2.45) is 0 Å². The number of nitrogens with one attached hydrogen (secondary N) is 1. The third-order valence-corrected chi connectivity index (χ3v) is 3.68. The summed E-state index contributed by atoms with van der Waals surface area (Å²) >= 11 is 0. The van der Waals surface area contributed by atoms with Crippen LogP contribution in [0.25, 0.3) is 0 Å². The minimum Gasteiger partial charge on any atom is -0.497 e. The van der Waals surface area contributed by atoms with E-state index >= 15 is 0 Å². The average molecular weight is 293 g/mol. The van der Waals surface area contributed by atoms with Gasteiger partial charge < -0.3 is 19.5 Å². The molecule has 1 aromatic rings. The van der Waals surface area contributed by atoms with Crippen LogP contribution in [0.15, 0.2) is 18.2 Å². The first-order chi connectivity index (χ1) is 10.2. The van der Waals surface area contributed by atoms with Crippen LogP contribution in [-0.2, 0) is 4.74 Å². The molecule has 0 radical (unpaired) electrons. The maximum absolute atomic E-state index is 12.3. The third kappa shape index (κ3) is 4.44. The quantitative estimate of drug-likeness (QED) is 0.780. The summed E-state index contributed by atoms with van der Waals surface area (Å²) in [5.41, 5.74) is 0.576. The zero-order chi connectivity index (χ0) is 15.1. The summed E-state index contributed by atoms with van der Waals surface area (Å²) in [6.45, 7) is 2.44. The number of ether oxygens (including phenoxy) is 3. The van der Waals surface area contributed by atoms with E-state index in [0.29, 0.717) is 30.1 Å². The van der Waals surface area contributed by atoms with Crippen LogP contribution in [0.3, 0.4) is 0 Å². The molecule has 5 heteroatoms. The van der Waals surface area contributed by atoms with Crippen LogP contribution < -0.4 is 14.8 Å². The number of carbonyl (C=O) groups excluding carboxylic acids is 1. The lowest BCUT2D eigenvalue weighted by molar-refractivity contribution is 0.0313. The van der Waals surface area contributed by atoms with Crippen molar-refractivity contribution in [2.45, 2.75) is 25.4 Å². The van der Waals surface area contributed by atoms with Crippen LogP contribution in [-0.4, -0.2) is 45.8 Å². The molecular formula is C16H23NO4. The summed E-state index contributed by atoms with van der Waals surface area (Å²) in [6, 6.07) is 5.23. The molecular weight excluding hydrogens is 270 g/mol. The second-order valence-corrected chi connectivity index (χ2v) is 5.06. The van der Waals surface area contributed by atoms with Crippen LogP contribution in [0.1, 0.15) is 29.6 Å². The Morgan fingerprint density at radius 3 is 2.67 bits per heavy atom. The van der Waals surface area contributed by atoms with E-state index in [1.165, 1.54) is 0 Å². The van der Waals surface area contributed by atoms with Gasteiger partial charge in [-0.05, 0) is 38.1 Å². The molecule has 0 atom stereocenters. The Hall–Kier alpha value is -1.59. The Labute approximate surface area is 125 Å². The largest absolute Gasteiger partial charge is 0.497 e. The van der Waals surface area contributed by atoms with Crippen molar-refractivity contribution in [3.8, 4) is 11.5 Å². The van der Waals surface area contributed by atoms with Gasteiger partial charge in [0.1, 0.15) is 11.5 Å². The first kappa shape index (κ1) is 15.8. The molecule has 0 bridgehead atoms. The summed E-state index contributed by atoms with van der Waals surface area (Å²) < 4.78 is 16.2. The summed E-state index contributed by atoms with van der Waals surface area (Å²) in [7, 11) is 3.14. The third-order valence-electron chi connectivity index (χ3n) is 3.68. The van der Waals surface area contributed by atoms with Gasteiger partial charge in [-0.15, -0.1) is 0 Å². The maximum atomic E-state index is 12.3. The van der Waals surface area contributed by atoms with Crippen LogP contribution in [0.5, 0.6) is 11.5 Å². The monoisotopic (exact) mass is 293 g/mol. The summed E-state index contributed by atoms with van der Waals surface area (Å²) in [4.78, 5) is 12.3. The molecule has 1 N–H and O–H groups in total. The minimum atomic E-state index is 0.0310. The minimum absolute atomic E-state index is 0.0310. The highest BCUT2D eigenvalue weighted by Crippen LogP contribution is 2.25. The van der Waals surface area contributed by atoms with E-state index in [0.717, 1.165) is 25.9 Å². The van der Waals surface area contributed by atoms with Gasteiger partial charge in [-0.1, -0.05) is 0 Å². The lowest BCUT2D eigenvalue weighted by atomic mass is 10.1. The molecule has 0 amide bonds. The van der Waals surface area contributed by atoms with Gasteiger partial charge in [-0.3, -0.25) is 4.79 Å². The number of methoxy groups -OCH3 is 2. The van der Waals surface area contributed by atoms with Crippen molar-refractivity contribution in [3.05, 3.63) is 23.8 Å². The van der Waals surface area contributed by atoms with Gasteiger partial charge in [0.2, 0.25) is 0 Å². The van der Waals surface area contributed by atoms with Crippen molar-refractivity contribution < 1.29 is 19.0 Å². The summed E-state index contributed by atoms with van der Waals surface area (Å²) in [5, 5.41) is 3.29. The van der Waals surface area contributed by atoms with E-state index < -0.39 is 0 Å². The average Bonchev–Trinajstić information content (AvgIpc) is 2.55. The van der Waals surface area contributed by atoms with Crippen molar-refractivity contribution in [1.82, 2.24) is 5.32 Å². The summed E-state index contributed by atoms with van der Waals surface area (Å²) in [6.07, 6.45) is 2.67. The molecule has 0 aromatic heterocycles. The molecule has 2 rings (SSSR count). The molecule has 21 heavy (non-hydrogen) atoms. The van der Waals surface area contributed by atoms with E-state index in [1.54, 1.807) is 32.4 Å². The molecule has 5 nitrogen and oxygen atoms in total. The highest BCUT2D eigenvalue weighted by Gasteiger charge is 2.16. The van der Waals surface area contributed by atoms with Gasteiger partial charge in [-0.2, -0.15) is 0 Å². The van der Waals surface area contributed by atoms with Gasteiger partial charge in [0.25, 0.3) is 0 Å². The molecule has 1 aliphatic rings. The predicted molar refractivity (Wildman–Crippen MR) is 80.3 cm³/mol. The first-order valence-corrected chi connectivity index (χ1v) is 7.32. The number of carbonyl (C=O) groups is 1. The molecule has 0 unspecified atom stereocenters. The number of Topliss-reactive ketones (excluding diaryl/α,β-unsaturated/α-hetero) is 1. The number of hydrogen-bond acceptors (Lipinski definition) is 5. The molecule has 0 spiro atoms. The first-order valence-electron chi connectivity index (χ1n) is 7.32. The predicted octanol–water partition coefficient (Wildman–Crippen LogP) is 2.05. The van der Waals surface area contributed by atoms with Crippen molar-refractivity contribution >= 4 is 5.78 Å². The fourth-order valence-electron chi connectivity index (χ4n) is 2.44. The van der Waals surface area contributed by atoms with Gasteiger partial charge in [0, 0.05) is 12.5 Å². The number of benzene rings is 1. The van der Waals surface area contributed by atoms with Crippen LogP contribution >= 0.6 is 0 Å². The van der Waals surface area contributed by atoms with Gasteiger partial charge in [0.15, 0.2) is 5.78 Å². The highest BCUT2D eigenvalue weighted by atomic mass is 16.5. The van der Waals surface area contributed by atoms with E-state index in [1.807, 2.05) is 0 Å².